The Hall–Kier alpha value is -3.50. The number of aromatic nitrogens is 2. The summed E-state index contributed by atoms with van der Waals surface area (Å²) in [6.45, 7) is 1.80. The van der Waals surface area contributed by atoms with Crippen LogP contribution in [-0.4, -0.2) is 9.13 Å². The van der Waals surface area contributed by atoms with Crippen molar-refractivity contribution in [2.45, 2.75) is 13.5 Å². The molecule has 0 saturated carbocycles. The van der Waals surface area contributed by atoms with Crippen LogP contribution in [0.2, 0.25) is 0 Å². The molecule has 0 radical (unpaired) electrons. The van der Waals surface area contributed by atoms with E-state index < -0.39 is 17.1 Å². The van der Waals surface area contributed by atoms with Gasteiger partial charge in [-0.3, -0.25) is 9.36 Å². The normalized spacial score (nSPS) is 10.9. The number of hydrogen-bond donors (Lipinski definition) is 0. The highest BCUT2D eigenvalue weighted by Gasteiger charge is 2.18. The molecule has 2 aromatic heterocycles. The van der Waals surface area contributed by atoms with Gasteiger partial charge >= 0.3 is 5.69 Å². The van der Waals surface area contributed by atoms with Crippen LogP contribution in [0.4, 0.5) is 4.39 Å². The van der Waals surface area contributed by atoms with Crippen molar-refractivity contribution in [1.29, 1.82) is 5.26 Å². The summed E-state index contributed by atoms with van der Waals surface area (Å²) in [6.07, 6.45) is 0. The predicted molar refractivity (Wildman–Crippen MR) is 107 cm³/mol. The molecule has 2 heterocycles. The van der Waals surface area contributed by atoms with Gasteiger partial charge in [-0.1, -0.05) is 18.2 Å². The molecule has 0 saturated heterocycles. The van der Waals surface area contributed by atoms with Crippen LogP contribution >= 0.6 is 11.3 Å². The van der Waals surface area contributed by atoms with Crippen molar-refractivity contribution in [2.75, 3.05) is 0 Å². The molecule has 0 unspecified atom stereocenters. The lowest BCUT2D eigenvalue weighted by Gasteiger charge is -2.14. The van der Waals surface area contributed by atoms with Crippen LogP contribution in [0.3, 0.4) is 0 Å². The summed E-state index contributed by atoms with van der Waals surface area (Å²) in [5.74, 6) is -0.435. The van der Waals surface area contributed by atoms with Gasteiger partial charge in [0, 0.05) is 0 Å². The molecule has 0 aliphatic carbocycles. The van der Waals surface area contributed by atoms with E-state index in [2.05, 4.69) is 6.07 Å². The third-order valence-corrected chi connectivity index (χ3v) is 5.51. The van der Waals surface area contributed by atoms with Crippen LogP contribution in [0, 0.1) is 24.1 Å². The van der Waals surface area contributed by atoms with Gasteiger partial charge in [-0.05, 0) is 53.8 Å². The molecule has 0 bridgehead atoms. The molecule has 0 fully saturated rings. The minimum Gasteiger partial charge on any atom is -0.288 e. The maximum atomic E-state index is 13.5. The minimum atomic E-state index is -0.529. The van der Waals surface area contributed by atoms with Crippen LogP contribution in [-0.2, 0) is 6.54 Å². The quantitative estimate of drug-likeness (QED) is 0.536. The third kappa shape index (κ3) is 2.84. The number of nitrogens with zero attached hydrogens (tertiary/aromatic N) is 3. The summed E-state index contributed by atoms with van der Waals surface area (Å²) in [4.78, 5) is 26.3. The van der Waals surface area contributed by atoms with Crippen LogP contribution in [0.5, 0.6) is 0 Å². The Bertz CT molecular complexity index is 1380. The first-order valence-corrected chi connectivity index (χ1v) is 9.37. The Morgan fingerprint density at radius 1 is 1.14 bits per heavy atom. The topological polar surface area (TPSA) is 67.8 Å². The van der Waals surface area contributed by atoms with Gasteiger partial charge in [0.25, 0.3) is 5.56 Å². The largest absolute Gasteiger partial charge is 0.336 e. The summed E-state index contributed by atoms with van der Waals surface area (Å²) in [7, 11) is 0. The molecule has 0 aliphatic heterocycles. The number of aryl methyl sites for hydroxylation is 1. The number of halogens is 1. The molecule has 2 aromatic carbocycles. The molecule has 28 heavy (non-hydrogen) atoms. The van der Waals surface area contributed by atoms with E-state index in [1.807, 2.05) is 0 Å². The molecule has 7 heteroatoms. The fourth-order valence-corrected chi connectivity index (χ4v) is 4.08. The van der Waals surface area contributed by atoms with Crippen molar-refractivity contribution in [2.24, 2.45) is 0 Å². The first-order valence-electron chi connectivity index (χ1n) is 8.49. The first kappa shape index (κ1) is 17.9. The van der Waals surface area contributed by atoms with Gasteiger partial charge in [-0.25, -0.2) is 13.8 Å². The highest BCUT2D eigenvalue weighted by molar-refractivity contribution is 7.17. The van der Waals surface area contributed by atoms with Crippen molar-refractivity contribution in [3.8, 4) is 11.8 Å². The minimum absolute atomic E-state index is 0.149. The second-order valence-electron chi connectivity index (χ2n) is 6.34. The molecule has 0 N–H and O–H groups in total. The summed E-state index contributed by atoms with van der Waals surface area (Å²) < 4.78 is 16.5. The van der Waals surface area contributed by atoms with Crippen molar-refractivity contribution < 1.29 is 4.39 Å². The summed E-state index contributed by atoms with van der Waals surface area (Å²) in [5, 5.41) is 11.1. The molecule has 0 atom stereocenters. The van der Waals surface area contributed by atoms with Gasteiger partial charge in [-0.2, -0.15) is 5.26 Å². The fraction of sp³-hybridized carbons (Fsp3) is 0.0952. The number of hydrogen-bond acceptors (Lipinski definition) is 4. The monoisotopic (exact) mass is 391 g/mol. The molecular formula is C21H14FN3O2S. The zero-order valence-electron chi connectivity index (χ0n) is 14.8. The Labute approximate surface area is 163 Å². The van der Waals surface area contributed by atoms with Crippen LogP contribution in [0.1, 0.15) is 16.7 Å². The lowest BCUT2D eigenvalue weighted by molar-refractivity contribution is 0.625. The Morgan fingerprint density at radius 3 is 2.68 bits per heavy atom. The number of benzene rings is 2. The first-order chi connectivity index (χ1) is 13.5. The van der Waals surface area contributed by atoms with Crippen molar-refractivity contribution in [1.82, 2.24) is 9.13 Å². The van der Waals surface area contributed by atoms with Crippen molar-refractivity contribution in [3.05, 3.63) is 97.3 Å². The highest BCUT2D eigenvalue weighted by atomic mass is 32.1. The molecule has 0 aliphatic rings. The van der Waals surface area contributed by atoms with Gasteiger partial charge in [-0.15, -0.1) is 11.3 Å². The summed E-state index contributed by atoms with van der Waals surface area (Å²) in [5.41, 5.74) is 1.53. The average Bonchev–Trinajstić information content (AvgIpc) is 3.17. The molecule has 4 rings (SSSR count). The van der Waals surface area contributed by atoms with Gasteiger partial charge < -0.3 is 0 Å². The number of nitriles is 1. The molecule has 0 spiro atoms. The van der Waals surface area contributed by atoms with Gasteiger partial charge in [0.1, 0.15) is 10.5 Å². The van der Waals surface area contributed by atoms with E-state index in [1.165, 1.54) is 34.1 Å². The summed E-state index contributed by atoms with van der Waals surface area (Å²) in [6, 6.07) is 14.8. The lowest BCUT2D eigenvalue weighted by atomic mass is 10.1. The average molecular weight is 391 g/mol. The fourth-order valence-electron chi connectivity index (χ4n) is 3.26. The maximum absolute atomic E-state index is 13.5. The third-order valence-electron chi connectivity index (χ3n) is 4.62. The Balaban J connectivity index is 2.03. The van der Waals surface area contributed by atoms with E-state index in [9.17, 15) is 19.2 Å². The van der Waals surface area contributed by atoms with E-state index in [0.29, 0.717) is 32.6 Å². The van der Waals surface area contributed by atoms with E-state index in [1.54, 1.807) is 42.6 Å². The Kier molecular flexibility index (Phi) is 4.41. The maximum Gasteiger partial charge on any atom is 0.336 e. The van der Waals surface area contributed by atoms with Crippen molar-refractivity contribution in [3.63, 3.8) is 0 Å². The molecule has 5 nitrogen and oxygen atoms in total. The number of fused-ring (bicyclic) bond motifs is 1. The summed E-state index contributed by atoms with van der Waals surface area (Å²) >= 11 is 1.24. The van der Waals surface area contributed by atoms with E-state index >= 15 is 0 Å². The van der Waals surface area contributed by atoms with Gasteiger partial charge in [0.15, 0.2) is 0 Å². The van der Waals surface area contributed by atoms with Crippen molar-refractivity contribution >= 4 is 21.6 Å². The molecular weight excluding hydrogens is 377 g/mol. The second-order valence-corrected chi connectivity index (χ2v) is 7.26. The van der Waals surface area contributed by atoms with Crippen LogP contribution in [0.15, 0.2) is 63.5 Å². The van der Waals surface area contributed by atoms with Gasteiger partial charge in [0.05, 0.1) is 29.4 Å². The number of thiophene rings is 1. The molecule has 4 aromatic rings. The molecule has 0 amide bonds. The SMILES string of the molecule is Cc1cc(F)ccc1-n1c(=O)c2sccc2n(Cc2ccccc2C#N)c1=O. The lowest BCUT2D eigenvalue weighted by Crippen LogP contribution is -2.39. The second kappa shape index (κ2) is 6.91. The highest BCUT2D eigenvalue weighted by Crippen LogP contribution is 2.20. The zero-order valence-corrected chi connectivity index (χ0v) is 15.7. The molecule has 138 valence electrons. The van der Waals surface area contributed by atoms with Crippen LogP contribution in [0.25, 0.3) is 15.9 Å². The standard InChI is InChI=1S/C21H14FN3O2S/c1-13-10-16(22)6-7-17(13)25-20(26)19-18(8-9-28-19)24(21(25)27)12-15-5-3-2-4-14(15)11-23/h2-10H,12H2,1H3. The van der Waals surface area contributed by atoms with E-state index in [-0.39, 0.29) is 6.54 Å². The smallest absolute Gasteiger partial charge is 0.288 e. The van der Waals surface area contributed by atoms with Gasteiger partial charge in [0.2, 0.25) is 0 Å². The number of rotatable bonds is 3. The predicted octanol–water partition coefficient (Wildman–Crippen LogP) is 3.58. The zero-order chi connectivity index (χ0) is 19.8. The Morgan fingerprint density at radius 2 is 1.93 bits per heavy atom. The van der Waals surface area contributed by atoms with E-state index in [4.69, 9.17) is 0 Å². The van der Waals surface area contributed by atoms with Crippen LogP contribution < -0.4 is 11.2 Å². The van der Waals surface area contributed by atoms with E-state index in [0.717, 1.165) is 4.57 Å².